The van der Waals surface area contributed by atoms with E-state index in [1.807, 2.05) is 0 Å². The Hall–Kier alpha value is -1.76. The van der Waals surface area contributed by atoms with Crippen molar-refractivity contribution in [3.8, 4) is 0 Å². The zero-order chi connectivity index (χ0) is 12.6. The summed E-state index contributed by atoms with van der Waals surface area (Å²) in [4.78, 5) is 24.9. The van der Waals surface area contributed by atoms with Crippen LogP contribution in [0.4, 0.5) is 11.5 Å². The molecule has 94 valence electrons. The van der Waals surface area contributed by atoms with Gasteiger partial charge in [-0.25, -0.2) is 4.79 Å². The van der Waals surface area contributed by atoms with Crippen LogP contribution >= 0.6 is 0 Å². The van der Waals surface area contributed by atoms with Gasteiger partial charge in [0.2, 0.25) is 0 Å². The predicted octanol–water partition coefficient (Wildman–Crippen LogP) is -1.02. The van der Waals surface area contributed by atoms with Crippen molar-refractivity contribution < 1.29 is 5.11 Å². The Morgan fingerprint density at radius 1 is 1.53 bits per heavy atom. The number of aromatic nitrogens is 2. The SMILES string of the molecule is Cn1c(N)c(NCC2(O)CCC2)c(=O)[nH]c1=O. The Morgan fingerprint density at radius 2 is 2.18 bits per heavy atom. The molecule has 0 unspecified atom stereocenters. The lowest BCUT2D eigenvalue weighted by Gasteiger charge is -2.36. The van der Waals surface area contributed by atoms with E-state index in [0.717, 1.165) is 11.0 Å². The summed E-state index contributed by atoms with van der Waals surface area (Å²) in [6.07, 6.45) is 2.41. The van der Waals surface area contributed by atoms with Crippen LogP contribution in [-0.2, 0) is 7.05 Å². The maximum Gasteiger partial charge on any atom is 0.329 e. The van der Waals surface area contributed by atoms with Gasteiger partial charge in [-0.05, 0) is 19.3 Å². The van der Waals surface area contributed by atoms with E-state index in [9.17, 15) is 14.7 Å². The van der Waals surface area contributed by atoms with Crippen molar-refractivity contribution in [1.29, 1.82) is 0 Å². The first-order chi connectivity index (χ1) is 7.93. The number of hydrogen-bond donors (Lipinski definition) is 4. The first-order valence-electron chi connectivity index (χ1n) is 5.48. The highest BCUT2D eigenvalue weighted by atomic mass is 16.3. The molecule has 0 radical (unpaired) electrons. The van der Waals surface area contributed by atoms with Crippen LogP contribution in [0.15, 0.2) is 9.59 Å². The highest BCUT2D eigenvalue weighted by Gasteiger charge is 2.34. The fourth-order valence-corrected chi connectivity index (χ4v) is 1.82. The minimum absolute atomic E-state index is 0.0710. The normalized spacial score (nSPS) is 17.5. The summed E-state index contributed by atoms with van der Waals surface area (Å²) in [5.74, 6) is 0.0710. The number of hydrogen-bond acceptors (Lipinski definition) is 5. The van der Waals surface area contributed by atoms with Gasteiger partial charge < -0.3 is 16.2 Å². The van der Waals surface area contributed by atoms with Crippen LogP contribution in [0, 0.1) is 0 Å². The number of nitrogens with two attached hydrogens (primary N) is 1. The second-order valence-corrected chi connectivity index (χ2v) is 4.51. The lowest BCUT2D eigenvalue weighted by atomic mass is 9.80. The van der Waals surface area contributed by atoms with Crippen LogP contribution in [0.1, 0.15) is 19.3 Å². The van der Waals surface area contributed by atoms with Gasteiger partial charge in [-0.3, -0.25) is 14.3 Å². The van der Waals surface area contributed by atoms with Crippen LogP contribution in [0.5, 0.6) is 0 Å². The third-order valence-corrected chi connectivity index (χ3v) is 3.25. The summed E-state index contributed by atoms with van der Waals surface area (Å²) in [6.45, 7) is 0.262. The average Bonchev–Trinajstić information content (AvgIpc) is 2.23. The fourth-order valence-electron chi connectivity index (χ4n) is 1.82. The molecule has 1 aliphatic rings. The Bertz CT molecular complexity index is 541. The summed E-state index contributed by atoms with van der Waals surface area (Å²) >= 11 is 0. The molecule has 1 aromatic rings. The molecule has 2 rings (SSSR count). The summed E-state index contributed by atoms with van der Waals surface area (Å²) in [7, 11) is 1.47. The largest absolute Gasteiger partial charge is 0.388 e. The van der Waals surface area contributed by atoms with E-state index in [1.54, 1.807) is 0 Å². The van der Waals surface area contributed by atoms with Crippen LogP contribution in [0.2, 0.25) is 0 Å². The lowest BCUT2D eigenvalue weighted by molar-refractivity contribution is -0.0202. The van der Waals surface area contributed by atoms with Crippen molar-refractivity contribution >= 4 is 11.5 Å². The van der Waals surface area contributed by atoms with Gasteiger partial charge in [0.05, 0.1) is 5.60 Å². The molecule has 0 saturated heterocycles. The van der Waals surface area contributed by atoms with Crippen molar-refractivity contribution in [2.24, 2.45) is 7.05 Å². The lowest BCUT2D eigenvalue weighted by Crippen LogP contribution is -2.44. The van der Waals surface area contributed by atoms with E-state index in [1.165, 1.54) is 7.05 Å². The van der Waals surface area contributed by atoms with Gasteiger partial charge in [0.15, 0.2) is 0 Å². The van der Waals surface area contributed by atoms with Gasteiger partial charge in [0.1, 0.15) is 11.5 Å². The summed E-state index contributed by atoms with van der Waals surface area (Å²) in [5.41, 5.74) is 3.93. The zero-order valence-electron chi connectivity index (χ0n) is 9.62. The molecule has 0 aromatic carbocycles. The quantitative estimate of drug-likeness (QED) is 0.540. The third-order valence-electron chi connectivity index (χ3n) is 3.25. The van der Waals surface area contributed by atoms with Gasteiger partial charge in [0.25, 0.3) is 5.56 Å². The van der Waals surface area contributed by atoms with E-state index < -0.39 is 16.9 Å². The van der Waals surface area contributed by atoms with Crippen molar-refractivity contribution in [2.45, 2.75) is 24.9 Å². The van der Waals surface area contributed by atoms with Crippen LogP contribution in [0.3, 0.4) is 0 Å². The smallest absolute Gasteiger partial charge is 0.329 e. The molecule has 7 heteroatoms. The second-order valence-electron chi connectivity index (χ2n) is 4.51. The van der Waals surface area contributed by atoms with E-state index in [-0.39, 0.29) is 18.1 Å². The molecule has 0 aliphatic heterocycles. The summed E-state index contributed by atoms with van der Waals surface area (Å²) in [6, 6.07) is 0. The van der Waals surface area contributed by atoms with E-state index in [0.29, 0.717) is 12.8 Å². The van der Waals surface area contributed by atoms with Gasteiger partial charge in [-0.1, -0.05) is 0 Å². The van der Waals surface area contributed by atoms with Gasteiger partial charge in [0, 0.05) is 13.6 Å². The fraction of sp³-hybridized carbons (Fsp3) is 0.600. The Kier molecular flexibility index (Phi) is 2.70. The molecule has 5 N–H and O–H groups in total. The number of aliphatic hydroxyl groups is 1. The number of aromatic amines is 1. The van der Waals surface area contributed by atoms with Crippen LogP contribution < -0.4 is 22.3 Å². The van der Waals surface area contributed by atoms with E-state index in [2.05, 4.69) is 10.3 Å². The van der Waals surface area contributed by atoms with Crippen molar-refractivity contribution in [3.63, 3.8) is 0 Å². The molecule has 1 aromatic heterocycles. The minimum atomic E-state index is -0.756. The Morgan fingerprint density at radius 3 is 2.71 bits per heavy atom. The molecule has 1 saturated carbocycles. The van der Waals surface area contributed by atoms with E-state index >= 15 is 0 Å². The number of nitrogens with zero attached hydrogens (tertiary/aromatic N) is 1. The number of nitrogen functional groups attached to an aromatic ring is 1. The minimum Gasteiger partial charge on any atom is -0.388 e. The monoisotopic (exact) mass is 240 g/mol. The number of H-pyrrole nitrogens is 1. The molecule has 0 spiro atoms. The average molecular weight is 240 g/mol. The van der Waals surface area contributed by atoms with Gasteiger partial charge in [-0.2, -0.15) is 0 Å². The topological polar surface area (TPSA) is 113 Å². The first-order valence-corrected chi connectivity index (χ1v) is 5.48. The molecule has 1 aliphatic carbocycles. The van der Waals surface area contributed by atoms with Gasteiger partial charge >= 0.3 is 5.69 Å². The molecule has 0 atom stereocenters. The molecular formula is C10H16N4O3. The molecular weight excluding hydrogens is 224 g/mol. The molecule has 17 heavy (non-hydrogen) atoms. The summed E-state index contributed by atoms with van der Waals surface area (Å²) < 4.78 is 1.15. The number of rotatable bonds is 3. The molecule has 0 bridgehead atoms. The number of anilines is 2. The van der Waals surface area contributed by atoms with Crippen molar-refractivity contribution in [1.82, 2.24) is 9.55 Å². The predicted molar refractivity (Wildman–Crippen MR) is 64.0 cm³/mol. The molecule has 1 heterocycles. The highest BCUT2D eigenvalue weighted by Crippen LogP contribution is 2.31. The van der Waals surface area contributed by atoms with Crippen LogP contribution in [-0.4, -0.2) is 26.8 Å². The van der Waals surface area contributed by atoms with Gasteiger partial charge in [-0.15, -0.1) is 0 Å². The highest BCUT2D eigenvalue weighted by molar-refractivity contribution is 5.60. The first kappa shape index (κ1) is 11.7. The maximum atomic E-state index is 11.5. The maximum absolute atomic E-state index is 11.5. The molecule has 7 nitrogen and oxygen atoms in total. The third kappa shape index (κ3) is 2.05. The van der Waals surface area contributed by atoms with Crippen molar-refractivity contribution in [2.75, 3.05) is 17.6 Å². The van der Waals surface area contributed by atoms with E-state index in [4.69, 9.17) is 5.73 Å². The Labute approximate surface area is 97.3 Å². The number of nitrogens with one attached hydrogen (secondary N) is 2. The molecule has 1 fully saturated rings. The standard InChI is InChI=1S/C10H16N4O3/c1-14-7(11)6(8(15)13-9(14)16)12-5-10(17)3-2-4-10/h12,17H,2-5,11H2,1H3,(H,13,15,16). The second kappa shape index (κ2) is 3.92. The van der Waals surface area contributed by atoms with Crippen molar-refractivity contribution in [3.05, 3.63) is 20.8 Å². The van der Waals surface area contributed by atoms with Crippen LogP contribution in [0.25, 0.3) is 0 Å². The summed E-state index contributed by atoms with van der Waals surface area (Å²) in [5, 5.41) is 12.7. The molecule has 0 amide bonds. The zero-order valence-corrected chi connectivity index (χ0v) is 9.62. The Balaban J connectivity index is 2.24.